The lowest BCUT2D eigenvalue weighted by Gasteiger charge is -2.06. The Bertz CT molecular complexity index is 660. The van der Waals surface area contributed by atoms with Crippen molar-refractivity contribution >= 4 is 17.3 Å². The lowest BCUT2D eigenvalue weighted by Crippen LogP contribution is -2.02. The number of hydrogen-bond acceptors (Lipinski definition) is 4. The zero-order valence-corrected chi connectivity index (χ0v) is 10.4. The highest BCUT2D eigenvalue weighted by Crippen LogP contribution is 2.26. The number of nitriles is 1. The van der Waals surface area contributed by atoms with Gasteiger partial charge in [0.05, 0.1) is 11.6 Å². The number of carbonyl (C=O) groups is 1. The van der Waals surface area contributed by atoms with Crippen molar-refractivity contribution in [3.05, 3.63) is 51.5 Å². The molecule has 1 N–H and O–H groups in total. The van der Waals surface area contributed by atoms with Crippen LogP contribution in [0.2, 0.25) is 0 Å². The van der Waals surface area contributed by atoms with Gasteiger partial charge >= 0.3 is 5.97 Å². The molecule has 0 fully saturated rings. The standard InChI is InChI=1S/C13H8FNO3S/c14-10-2-1-8(6-15)5-9(10)7-18-11-3-4-19-12(11)13(16)17/h1-5H,7H2,(H,16,17). The molecule has 2 aromatic rings. The first-order chi connectivity index (χ1) is 9.11. The van der Waals surface area contributed by atoms with E-state index in [1.807, 2.05) is 6.07 Å². The van der Waals surface area contributed by atoms with Gasteiger partial charge in [0.2, 0.25) is 0 Å². The van der Waals surface area contributed by atoms with Crippen molar-refractivity contribution in [1.82, 2.24) is 0 Å². The fourth-order valence-electron chi connectivity index (χ4n) is 1.48. The van der Waals surface area contributed by atoms with Crippen molar-refractivity contribution in [2.75, 3.05) is 0 Å². The summed E-state index contributed by atoms with van der Waals surface area (Å²) in [6.07, 6.45) is 0. The maximum absolute atomic E-state index is 13.5. The van der Waals surface area contributed by atoms with Crippen molar-refractivity contribution in [2.45, 2.75) is 6.61 Å². The number of benzene rings is 1. The summed E-state index contributed by atoms with van der Waals surface area (Å²) in [7, 11) is 0. The summed E-state index contributed by atoms with van der Waals surface area (Å²) < 4.78 is 18.8. The SMILES string of the molecule is N#Cc1ccc(F)c(COc2ccsc2C(=O)O)c1. The fourth-order valence-corrected chi connectivity index (χ4v) is 2.15. The maximum atomic E-state index is 13.5. The molecule has 4 nitrogen and oxygen atoms in total. The van der Waals surface area contributed by atoms with Gasteiger partial charge < -0.3 is 9.84 Å². The van der Waals surface area contributed by atoms with E-state index >= 15 is 0 Å². The summed E-state index contributed by atoms with van der Waals surface area (Å²) >= 11 is 1.03. The van der Waals surface area contributed by atoms with Crippen LogP contribution < -0.4 is 4.74 Å². The Balaban J connectivity index is 2.17. The summed E-state index contributed by atoms with van der Waals surface area (Å²) in [6.45, 7) is -0.127. The summed E-state index contributed by atoms with van der Waals surface area (Å²) in [5.74, 6) is -1.39. The van der Waals surface area contributed by atoms with Gasteiger partial charge in [0.1, 0.15) is 18.2 Å². The van der Waals surface area contributed by atoms with Crippen LogP contribution in [0.15, 0.2) is 29.6 Å². The van der Waals surface area contributed by atoms with Crippen LogP contribution in [0.1, 0.15) is 20.8 Å². The molecule has 0 unspecified atom stereocenters. The number of nitrogens with zero attached hydrogens (tertiary/aromatic N) is 1. The van der Waals surface area contributed by atoms with Gasteiger partial charge in [0, 0.05) is 5.56 Å². The van der Waals surface area contributed by atoms with E-state index < -0.39 is 11.8 Å². The van der Waals surface area contributed by atoms with Gasteiger partial charge in [0.25, 0.3) is 0 Å². The largest absolute Gasteiger partial charge is 0.487 e. The van der Waals surface area contributed by atoms with E-state index in [2.05, 4.69) is 0 Å². The van der Waals surface area contributed by atoms with Gasteiger partial charge in [-0.15, -0.1) is 11.3 Å². The van der Waals surface area contributed by atoms with Gasteiger partial charge in [-0.05, 0) is 29.6 Å². The summed E-state index contributed by atoms with van der Waals surface area (Å²) in [6, 6.07) is 7.34. The van der Waals surface area contributed by atoms with Gasteiger partial charge in [-0.2, -0.15) is 5.26 Å². The number of ether oxygens (including phenoxy) is 1. The van der Waals surface area contributed by atoms with Crippen LogP contribution in [-0.2, 0) is 6.61 Å². The maximum Gasteiger partial charge on any atom is 0.349 e. The molecular formula is C13H8FNO3S. The summed E-state index contributed by atoms with van der Waals surface area (Å²) in [5, 5.41) is 19.2. The number of aromatic carboxylic acids is 1. The molecule has 0 aliphatic heterocycles. The molecule has 0 atom stereocenters. The summed E-state index contributed by atoms with van der Waals surface area (Å²) in [4.78, 5) is 10.9. The fraction of sp³-hybridized carbons (Fsp3) is 0.0769. The highest BCUT2D eigenvalue weighted by molar-refractivity contribution is 7.12. The van der Waals surface area contributed by atoms with E-state index in [1.165, 1.54) is 24.3 Å². The third kappa shape index (κ3) is 2.89. The lowest BCUT2D eigenvalue weighted by atomic mass is 10.1. The molecule has 1 aromatic heterocycles. The minimum absolute atomic E-state index is 0.0665. The average molecular weight is 277 g/mol. The minimum Gasteiger partial charge on any atom is -0.487 e. The molecule has 0 radical (unpaired) electrons. The zero-order chi connectivity index (χ0) is 13.8. The van der Waals surface area contributed by atoms with Crippen LogP contribution in [0, 0.1) is 17.1 Å². The van der Waals surface area contributed by atoms with E-state index in [-0.39, 0.29) is 22.8 Å². The first-order valence-electron chi connectivity index (χ1n) is 5.24. The topological polar surface area (TPSA) is 70.3 Å². The molecular weight excluding hydrogens is 269 g/mol. The second kappa shape index (κ2) is 5.50. The molecule has 0 saturated heterocycles. The second-order valence-corrected chi connectivity index (χ2v) is 4.54. The second-order valence-electron chi connectivity index (χ2n) is 3.63. The lowest BCUT2D eigenvalue weighted by molar-refractivity contribution is 0.0697. The number of thiophene rings is 1. The minimum atomic E-state index is -1.09. The van der Waals surface area contributed by atoms with E-state index in [1.54, 1.807) is 5.38 Å². The number of hydrogen-bond donors (Lipinski definition) is 1. The Morgan fingerprint density at radius 1 is 1.47 bits per heavy atom. The molecule has 0 saturated carbocycles. The molecule has 19 heavy (non-hydrogen) atoms. The average Bonchev–Trinajstić information content (AvgIpc) is 2.86. The van der Waals surface area contributed by atoms with E-state index in [4.69, 9.17) is 15.1 Å². The number of rotatable bonds is 4. The predicted octanol–water partition coefficient (Wildman–Crippen LogP) is 3.04. The van der Waals surface area contributed by atoms with Crippen LogP contribution >= 0.6 is 11.3 Å². The molecule has 0 spiro atoms. The van der Waals surface area contributed by atoms with Gasteiger partial charge in [-0.3, -0.25) is 0 Å². The Morgan fingerprint density at radius 3 is 2.95 bits per heavy atom. The number of carboxylic acids is 1. The predicted molar refractivity (Wildman–Crippen MR) is 66.7 cm³/mol. The third-order valence-electron chi connectivity index (χ3n) is 2.38. The van der Waals surface area contributed by atoms with Crippen LogP contribution in [0.4, 0.5) is 4.39 Å². The molecule has 2 rings (SSSR count). The van der Waals surface area contributed by atoms with E-state index in [9.17, 15) is 9.18 Å². The van der Waals surface area contributed by atoms with Crippen molar-refractivity contribution in [3.8, 4) is 11.8 Å². The normalized spacial score (nSPS) is 9.89. The smallest absolute Gasteiger partial charge is 0.349 e. The Kier molecular flexibility index (Phi) is 3.78. The number of halogens is 1. The molecule has 6 heteroatoms. The van der Waals surface area contributed by atoms with Gasteiger partial charge in [-0.25, -0.2) is 9.18 Å². The van der Waals surface area contributed by atoms with Crippen molar-refractivity contribution in [1.29, 1.82) is 5.26 Å². The van der Waals surface area contributed by atoms with Gasteiger partial charge in [0.15, 0.2) is 4.88 Å². The Hall–Kier alpha value is -2.39. The Morgan fingerprint density at radius 2 is 2.26 bits per heavy atom. The van der Waals surface area contributed by atoms with Gasteiger partial charge in [-0.1, -0.05) is 0 Å². The Labute approximate surface area is 112 Å². The molecule has 0 aliphatic carbocycles. The highest BCUT2D eigenvalue weighted by Gasteiger charge is 2.13. The third-order valence-corrected chi connectivity index (χ3v) is 3.27. The van der Waals surface area contributed by atoms with Crippen LogP contribution in [-0.4, -0.2) is 11.1 Å². The molecule has 0 bridgehead atoms. The zero-order valence-electron chi connectivity index (χ0n) is 9.59. The van der Waals surface area contributed by atoms with Crippen LogP contribution in [0.3, 0.4) is 0 Å². The molecule has 0 aliphatic rings. The molecule has 0 amide bonds. The first kappa shape index (κ1) is 13.1. The van der Waals surface area contributed by atoms with Crippen molar-refractivity contribution in [2.24, 2.45) is 0 Å². The quantitative estimate of drug-likeness (QED) is 0.932. The van der Waals surface area contributed by atoms with Crippen molar-refractivity contribution in [3.63, 3.8) is 0 Å². The monoisotopic (exact) mass is 277 g/mol. The van der Waals surface area contributed by atoms with Crippen LogP contribution in [0.25, 0.3) is 0 Å². The molecule has 1 aromatic carbocycles. The molecule has 96 valence electrons. The van der Waals surface area contributed by atoms with Crippen molar-refractivity contribution < 1.29 is 19.0 Å². The van der Waals surface area contributed by atoms with E-state index in [0.717, 1.165) is 11.3 Å². The molecule has 1 heterocycles. The first-order valence-corrected chi connectivity index (χ1v) is 6.12. The number of carboxylic acid groups (broad SMARTS) is 1. The van der Waals surface area contributed by atoms with Crippen LogP contribution in [0.5, 0.6) is 5.75 Å². The summed E-state index contributed by atoms with van der Waals surface area (Å²) in [5.41, 5.74) is 0.533. The van der Waals surface area contributed by atoms with E-state index in [0.29, 0.717) is 5.56 Å². The highest BCUT2D eigenvalue weighted by atomic mass is 32.1.